The molecule has 4 N–H and O–H groups in total. The van der Waals surface area contributed by atoms with Crippen molar-refractivity contribution >= 4 is 39.7 Å². The van der Waals surface area contributed by atoms with Crippen LogP contribution in [-0.2, 0) is 16.4 Å². The summed E-state index contributed by atoms with van der Waals surface area (Å²) in [6, 6.07) is 15.1. The molecule has 2 aromatic carbocycles. The fourth-order valence-electron chi connectivity index (χ4n) is 8.33. The van der Waals surface area contributed by atoms with Crippen molar-refractivity contribution in [2.75, 3.05) is 35.0 Å². The molecule has 0 unspecified atom stereocenters. The van der Waals surface area contributed by atoms with E-state index in [-0.39, 0.29) is 24.1 Å². The second-order valence-corrected chi connectivity index (χ2v) is 15.1. The van der Waals surface area contributed by atoms with Crippen molar-refractivity contribution in [3.63, 3.8) is 0 Å². The van der Waals surface area contributed by atoms with E-state index in [2.05, 4.69) is 16.0 Å². The molecular weight excluding hydrogens is 584 g/mol. The second kappa shape index (κ2) is 13.8. The summed E-state index contributed by atoms with van der Waals surface area (Å²) < 4.78 is 27.2. The fourth-order valence-corrected chi connectivity index (χ4v) is 9.96. The van der Waals surface area contributed by atoms with Crippen LogP contribution >= 0.6 is 12.4 Å². The lowest BCUT2D eigenvalue weighted by atomic mass is 9.54. The molecule has 2 aromatic rings. The maximum Gasteiger partial charge on any atom is 0.251 e. The number of amides is 1. The summed E-state index contributed by atoms with van der Waals surface area (Å²) in [6.07, 6.45) is 7.80. The van der Waals surface area contributed by atoms with E-state index in [1.54, 1.807) is 18.2 Å². The number of halogens is 1. The van der Waals surface area contributed by atoms with Gasteiger partial charge < -0.3 is 21.1 Å². The van der Waals surface area contributed by atoms with E-state index in [1.807, 2.05) is 37.3 Å². The summed E-state index contributed by atoms with van der Waals surface area (Å²) in [5.74, 6) is 2.98. The lowest BCUT2D eigenvalue weighted by Gasteiger charge is -2.54. The number of hydrogen-bond donors (Lipinski definition) is 4. The molecule has 10 heteroatoms. The number of benzene rings is 2. The van der Waals surface area contributed by atoms with Crippen LogP contribution in [0.25, 0.3) is 0 Å². The molecule has 7 rings (SSSR count). The van der Waals surface area contributed by atoms with Crippen molar-refractivity contribution in [3.05, 3.63) is 59.7 Å². The van der Waals surface area contributed by atoms with Crippen LogP contribution in [0, 0.1) is 23.7 Å². The summed E-state index contributed by atoms with van der Waals surface area (Å²) in [4.78, 5) is 13.8. The topological polar surface area (TPSA) is 111 Å². The summed E-state index contributed by atoms with van der Waals surface area (Å²) in [7, 11) is -3.43. The molecule has 1 heterocycles. The van der Waals surface area contributed by atoms with Crippen LogP contribution in [0.3, 0.4) is 0 Å². The highest BCUT2D eigenvalue weighted by Crippen LogP contribution is 2.53. The van der Waals surface area contributed by atoms with Gasteiger partial charge in [0.05, 0.1) is 23.6 Å². The number of nitrogens with one attached hydrogen (secondary N) is 3. The third-order valence-electron chi connectivity index (χ3n) is 10.1. The Hall–Kier alpha value is -2.33. The Bertz CT molecular complexity index is 1330. The van der Waals surface area contributed by atoms with Gasteiger partial charge in [0.2, 0.25) is 10.0 Å². The quantitative estimate of drug-likeness (QED) is 0.289. The summed E-state index contributed by atoms with van der Waals surface area (Å²) in [6.45, 7) is 3.44. The predicted molar refractivity (Wildman–Crippen MR) is 174 cm³/mol. The Morgan fingerprint density at radius 1 is 1.00 bits per heavy atom. The third kappa shape index (κ3) is 7.32. The molecular formula is C33H47ClN4O4S. The number of carbonyl (C=O) groups is 1. The van der Waals surface area contributed by atoms with Crippen LogP contribution in [0.15, 0.2) is 48.5 Å². The van der Waals surface area contributed by atoms with Gasteiger partial charge in [-0.05, 0) is 106 Å². The normalized spacial score (nSPS) is 28.5. The second-order valence-electron chi connectivity index (χ2n) is 13.1. The number of carbonyl (C=O) groups excluding carboxylic acids is 1. The highest BCUT2D eigenvalue weighted by Gasteiger charge is 2.48. The maximum absolute atomic E-state index is 13.8. The smallest absolute Gasteiger partial charge is 0.251 e. The highest BCUT2D eigenvalue weighted by atomic mass is 35.5. The lowest BCUT2D eigenvalue weighted by Crippen LogP contribution is -2.57. The van der Waals surface area contributed by atoms with Gasteiger partial charge in [-0.15, -0.1) is 12.4 Å². The van der Waals surface area contributed by atoms with Gasteiger partial charge >= 0.3 is 0 Å². The van der Waals surface area contributed by atoms with Crippen molar-refractivity contribution in [3.8, 4) is 0 Å². The van der Waals surface area contributed by atoms with Gasteiger partial charge in [0.15, 0.2) is 0 Å². The van der Waals surface area contributed by atoms with Crippen molar-refractivity contribution < 1.29 is 18.3 Å². The molecule has 4 saturated carbocycles. The Morgan fingerprint density at radius 3 is 2.35 bits per heavy atom. The number of anilines is 2. The van der Waals surface area contributed by atoms with Crippen molar-refractivity contribution in [1.82, 2.24) is 10.6 Å². The lowest BCUT2D eigenvalue weighted by molar-refractivity contribution is -0.0185. The summed E-state index contributed by atoms with van der Waals surface area (Å²) >= 11 is 0. The first kappa shape index (κ1) is 32.1. The van der Waals surface area contributed by atoms with E-state index in [1.165, 1.54) is 36.4 Å². The monoisotopic (exact) mass is 630 g/mol. The number of aliphatic hydroxyl groups is 1. The zero-order chi connectivity index (χ0) is 29.3. The van der Waals surface area contributed by atoms with Crippen LogP contribution in [0.4, 0.5) is 11.4 Å². The number of aliphatic hydroxyl groups excluding tert-OH is 1. The van der Waals surface area contributed by atoms with Gasteiger partial charge in [-0.2, -0.15) is 0 Å². The molecule has 2 atom stereocenters. The zero-order valence-electron chi connectivity index (χ0n) is 25.1. The SMILES string of the molecule is CCNc1cc(C(=O)N[C@@H](Cc2ccccc2)[C@H](O)CNC2C3CC4CC(C3)CC2C4)cc(N2CCCCS2(=O)=O)c1.Cl. The first-order chi connectivity index (χ1) is 20.3. The van der Waals surface area contributed by atoms with Gasteiger partial charge in [-0.3, -0.25) is 9.10 Å². The van der Waals surface area contributed by atoms with E-state index < -0.39 is 22.2 Å². The number of nitrogens with zero attached hydrogens (tertiary/aromatic N) is 1. The van der Waals surface area contributed by atoms with Crippen molar-refractivity contribution in [2.45, 2.75) is 76.5 Å². The van der Waals surface area contributed by atoms with Crippen LogP contribution in [-0.4, -0.2) is 63.0 Å². The molecule has 4 bridgehead atoms. The number of rotatable bonds is 11. The van der Waals surface area contributed by atoms with Crippen LogP contribution in [0.2, 0.25) is 0 Å². The van der Waals surface area contributed by atoms with Crippen LogP contribution in [0.1, 0.15) is 67.8 Å². The minimum Gasteiger partial charge on any atom is -0.390 e. The van der Waals surface area contributed by atoms with Crippen molar-refractivity contribution in [2.24, 2.45) is 23.7 Å². The van der Waals surface area contributed by atoms with Gasteiger partial charge in [0, 0.05) is 36.9 Å². The standard InChI is InChI=1S/C33H46N4O4S.ClH/c1-2-34-28-18-27(19-29(20-28)37-10-6-7-11-42(37,40)41)33(39)36-30(17-22-8-4-3-5-9-22)31(38)21-35-32-25-13-23-12-24(15-25)16-26(32)14-23;/h3-5,8-9,18-20,23-26,30-32,34-35,38H,2,6-7,10-17,21H2,1H3,(H,36,39);1H/t23?,24?,25?,26?,30-,31+,32?;/m0./s1. The average molecular weight is 631 g/mol. The molecule has 1 amide bonds. The summed E-state index contributed by atoms with van der Waals surface area (Å²) in [5, 5.41) is 21.6. The summed E-state index contributed by atoms with van der Waals surface area (Å²) in [5.41, 5.74) is 2.62. The van der Waals surface area contributed by atoms with Gasteiger partial charge in [-0.25, -0.2) is 8.42 Å². The van der Waals surface area contributed by atoms with E-state index in [4.69, 9.17) is 0 Å². The van der Waals surface area contributed by atoms with E-state index in [9.17, 15) is 18.3 Å². The Labute approximate surface area is 262 Å². The van der Waals surface area contributed by atoms with Gasteiger partial charge in [-0.1, -0.05) is 30.3 Å². The minimum absolute atomic E-state index is 0. The predicted octanol–water partition coefficient (Wildman–Crippen LogP) is 4.59. The molecule has 1 aliphatic heterocycles. The molecule has 1 saturated heterocycles. The Morgan fingerprint density at radius 2 is 1.70 bits per heavy atom. The van der Waals surface area contributed by atoms with Gasteiger partial charge in [0.25, 0.3) is 5.91 Å². The molecule has 43 heavy (non-hydrogen) atoms. The minimum atomic E-state index is -3.43. The Kier molecular flexibility index (Phi) is 10.3. The first-order valence-corrected chi connectivity index (χ1v) is 17.6. The average Bonchev–Trinajstić information content (AvgIpc) is 2.96. The zero-order valence-corrected chi connectivity index (χ0v) is 26.7. The molecule has 0 spiro atoms. The molecule has 4 aliphatic carbocycles. The van der Waals surface area contributed by atoms with Crippen LogP contribution in [0.5, 0.6) is 0 Å². The van der Waals surface area contributed by atoms with E-state index in [0.717, 1.165) is 23.8 Å². The van der Waals surface area contributed by atoms with Crippen LogP contribution < -0.4 is 20.3 Å². The molecule has 0 radical (unpaired) electrons. The number of sulfonamides is 1. The van der Waals surface area contributed by atoms with E-state index in [0.29, 0.717) is 67.3 Å². The fraction of sp³-hybridized carbons (Fsp3) is 0.606. The molecule has 8 nitrogen and oxygen atoms in total. The van der Waals surface area contributed by atoms with Crippen molar-refractivity contribution in [1.29, 1.82) is 0 Å². The molecule has 236 valence electrons. The maximum atomic E-state index is 13.8. The first-order valence-electron chi connectivity index (χ1n) is 15.9. The largest absolute Gasteiger partial charge is 0.390 e. The van der Waals surface area contributed by atoms with E-state index >= 15 is 0 Å². The number of hydrogen-bond acceptors (Lipinski definition) is 6. The molecule has 0 aromatic heterocycles. The van der Waals surface area contributed by atoms with Gasteiger partial charge in [0.1, 0.15) is 0 Å². The highest BCUT2D eigenvalue weighted by molar-refractivity contribution is 7.92. The molecule has 5 fully saturated rings. The third-order valence-corrected chi connectivity index (χ3v) is 11.9. The molecule has 5 aliphatic rings. The Balaban J connectivity index is 0.00000368.